The van der Waals surface area contributed by atoms with Crippen molar-refractivity contribution in [3.8, 4) is 6.07 Å². The van der Waals surface area contributed by atoms with E-state index in [-0.39, 0.29) is 34.5 Å². The van der Waals surface area contributed by atoms with E-state index >= 15 is 0 Å². The normalized spacial score (nSPS) is 16.5. The minimum atomic E-state index is -1.12. The Morgan fingerprint density at radius 3 is 2.86 bits per heavy atom. The molecular formula is C14H16ClFN4O2. The molecule has 1 aromatic rings. The Morgan fingerprint density at radius 1 is 1.68 bits per heavy atom. The fraction of sp³-hybridized carbons (Fsp3) is 0.500. The molecule has 0 bridgehead atoms. The lowest BCUT2D eigenvalue weighted by Gasteiger charge is -2.27. The standard InChI is InChI=1S/C14H16ClFN4O2/c1-2-10(18-14(21)22)11(7-3-4-7)19-13-9(16)5-8(6-17)12(15)20-13/h5,7,10-11,18H,2-4H2,1H3,(H,19,20)(H,21,22)/t10-,11+/m0/s1. The fourth-order valence-electron chi connectivity index (χ4n) is 2.41. The number of anilines is 1. The van der Waals surface area contributed by atoms with Gasteiger partial charge in [0.1, 0.15) is 11.2 Å². The lowest BCUT2D eigenvalue weighted by molar-refractivity contribution is 0.187. The predicted octanol–water partition coefficient (Wildman–Crippen LogP) is 2.98. The van der Waals surface area contributed by atoms with Crippen molar-refractivity contribution in [1.29, 1.82) is 5.26 Å². The molecule has 0 spiro atoms. The minimum absolute atomic E-state index is 0.0385. The maximum absolute atomic E-state index is 14.0. The number of rotatable bonds is 6. The Hall–Kier alpha value is -2.07. The summed E-state index contributed by atoms with van der Waals surface area (Å²) in [5.41, 5.74) is -0.0385. The summed E-state index contributed by atoms with van der Waals surface area (Å²) in [6.07, 6.45) is 1.33. The van der Waals surface area contributed by atoms with Crippen LogP contribution in [0.3, 0.4) is 0 Å². The highest BCUT2D eigenvalue weighted by atomic mass is 35.5. The molecule has 1 heterocycles. The number of hydrogen-bond acceptors (Lipinski definition) is 4. The summed E-state index contributed by atoms with van der Waals surface area (Å²) < 4.78 is 14.0. The van der Waals surface area contributed by atoms with Gasteiger partial charge in [-0.2, -0.15) is 5.26 Å². The number of nitrogens with one attached hydrogen (secondary N) is 2. The summed E-state index contributed by atoms with van der Waals surface area (Å²) in [4.78, 5) is 14.8. The van der Waals surface area contributed by atoms with E-state index in [9.17, 15) is 9.18 Å². The van der Waals surface area contributed by atoms with Gasteiger partial charge >= 0.3 is 6.09 Å². The number of amides is 1. The first-order chi connectivity index (χ1) is 10.5. The molecule has 1 aliphatic carbocycles. The molecule has 0 saturated heterocycles. The van der Waals surface area contributed by atoms with Crippen molar-refractivity contribution in [2.45, 2.75) is 38.3 Å². The van der Waals surface area contributed by atoms with Crippen molar-refractivity contribution >= 4 is 23.5 Å². The van der Waals surface area contributed by atoms with Crippen LogP contribution in [-0.4, -0.2) is 28.3 Å². The topological polar surface area (TPSA) is 98.0 Å². The quantitative estimate of drug-likeness (QED) is 0.698. The van der Waals surface area contributed by atoms with E-state index < -0.39 is 11.9 Å². The van der Waals surface area contributed by atoms with Crippen LogP contribution >= 0.6 is 11.6 Å². The summed E-state index contributed by atoms with van der Waals surface area (Å²) in [5, 5.41) is 23.0. The lowest BCUT2D eigenvalue weighted by Crippen LogP contribution is -2.47. The lowest BCUT2D eigenvalue weighted by atomic mass is 10.0. The molecule has 1 aromatic heterocycles. The van der Waals surface area contributed by atoms with Gasteiger partial charge in [-0.05, 0) is 31.2 Å². The third-order valence-corrected chi connectivity index (χ3v) is 3.95. The van der Waals surface area contributed by atoms with E-state index in [1.807, 2.05) is 6.92 Å². The van der Waals surface area contributed by atoms with Crippen molar-refractivity contribution in [3.63, 3.8) is 0 Å². The molecule has 1 aliphatic rings. The number of halogens is 2. The van der Waals surface area contributed by atoms with Crippen LogP contribution in [0.5, 0.6) is 0 Å². The number of nitriles is 1. The molecule has 0 unspecified atom stereocenters. The maximum atomic E-state index is 14.0. The predicted molar refractivity (Wildman–Crippen MR) is 79.3 cm³/mol. The number of hydrogen-bond donors (Lipinski definition) is 3. The monoisotopic (exact) mass is 326 g/mol. The second-order valence-electron chi connectivity index (χ2n) is 5.24. The zero-order chi connectivity index (χ0) is 16.3. The molecular weight excluding hydrogens is 311 g/mol. The van der Waals surface area contributed by atoms with E-state index in [4.69, 9.17) is 22.0 Å². The maximum Gasteiger partial charge on any atom is 0.404 e. The van der Waals surface area contributed by atoms with Gasteiger partial charge in [0, 0.05) is 0 Å². The Bertz CT molecular complexity index is 616. The van der Waals surface area contributed by atoms with Gasteiger partial charge in [0.05, 0.1) is 17.6 Å². The van der Waals surface area contributed by atoms with Gasteiger partial charge in [-0.25, -0.2) is 14.2 Å². The summed E-state index contributed by atoms with van der Waals surface area (Å²) in [6.45, 7) is 1.85. The minimum Gasteiger partial charge on any atom is -0.465 e. The second kappa shape index (κ2) is 6.79. The molecule has 1 saturated carbocycles. The molecule has 0 aromatic carbocycles. The third kappa shape index (κ3) is 3.77. The van der Waals surface area contributed by atoms with Gasteiger partial charge in [0.2, 0.25) is 0 Å². The van der Waals surface area contributed by atoms with E-state index in [0.717, 1.165) is 18.9 Å². The highest BCUT2D eigenvalue weighted by Gasteiger charge is 2.37. The Balaban J connectivity index is 2.23. The molecule has 118 valence electrons. The molecule has 8 heteroatoms. The molecule has 6 nitrogen and oxygen atoms in total. The van der Waals surface area contributed by atoms with Gasteiger partial charge in [-0.1, -0.05) is 18.5 Å². The van der Waals surface area contributed by atoms with Gasteiger partial charge in [-0.3, -0.25) is 0 Å². The van der Waals surface area contributed by atoms with Crippen LogP contribution in [-0.2, 0) is 0 Å². The summed E-state index contributed by atoms with van der Waals surface area (Å²) in [6, 6.07) is 2.15. The van der Waals surface area contributed by atoms with Crippen LogP contribution in [0.1, 0.15) is 31.7 Å². The summed E-state index contributed by atoms with van der Waals surface area (Å²) in [5.74, 6) is -0.490. The second-order valence-corrected chi connectivity index (χ2v) is 5.60. The van der Waals surface area contributed by atoms with Crippen LogP contribution in [0.25, 0.3) is 0 Å². The van der Waals surface area contributed by atoms with Gasteiger partial charge in [-0.15, -0.1) is 0 Å². The van der Waals surface area contributed by atoms with Crippen LogP contribution in [0, 0.1) is 23.1 Å². The van der Waals surface area contributed by atoms with Gasteiger partial charge in [0.15, 0.2) is 11.6 Å². The van der Waals surface area contributed by atoms with Crippen LogP contribution in [0.2, 0.25) is 5.15 Å². The molecule has 1 fully saturated rings. The third-order valence-electron chi connectivity index (χ3n) is 3.67. The zero-order valence-corrected chi connectivity index (χ0v) is 12.7. The molecule has 22 heavy (non-hydrogen) atoms. The van der Waals surface area contributed by atoms with Crippen molar-refractivity contribution in [3.05, 3.63) is 22.6 Å². The first-order valence-corrected chi connectivity index (χ1v) is 7.36. The van der Waals surface area contributed by atoms with Crippen molar-refractivity contribution < 1.29 is 14.3 Å². The largest absolute Gasteiger partial charge is 0.465 e. The molecule has 2 rings (SSSR count). The average molecular weight is 327 g/mol. The average Bonchev–Trinajstić information content (AvgIpc) is 3.29. The summed E-state index contributed by atoms with van der Waals surface area (Å²) in [7, 11) is 0. The smallest absolute Gasteiger partial charge is 0.404 e. The van der Waals surface area contributed by atoms with Crippen LogP contribution in [0.4, 0.5) is 15.0 Å². The Morgan fingerprint density at radius 2 is 2.36 bits per heavy atom. The van der Waals surface area contributed by atoms with E-state index in [1.54, 1.807) is 6.07 Å². The van der Waals surface area contributed by atoms with Gasteiger partial charge < -0.3 is 15.7 Å². The van der Waals surface area contributed by atoms with E-state index in [1.165, 1.54) is 0 Å². The first-order valence-electron chi connectivity index (χ1n) is 6.98. The van der Waals surface area contributed by atoms with Crippen molar-refractivity contribution in [2.24, 2.45) is 5.92 Å². The number of carboxylic acid groups (broad SMARTS) is 1. The Kier molecular flexibility index (Phi) is 5.03. The molecule has 3 N–H and O–H groups in total. The Labute approximate surface area is 132 Å². The van der Waals surface area contributed by atoms with E-state index in [2.05, 4.69) is 15.6 Å². The van der Waals surface area contributed by atoms with Gasteiger partial charge in [0.25, 0.3) is 0 Å². The SMILES string of the molecule is CC[C@H](NC(=O)O)[C@H](Nc1nc(Cl)c(C#N)cc1F)C1CC1. The zero-order valence-electron chi connectivity index (χ0n) is 11.9. The number of carbonyl (C=O) groups is 1. The van der Waals surface area contributed by atoms with E-state index in [0.29, 0.717) is 6.42 Å². The summed E-state index contributed by atoms with van der Waals surface area (Å²) >= 11 is 5.83. The molecule has 0 aliphatic heterocycles. The highest BCUT2D eigenvalue weighted by Crippen LogP contribution is 2.36. The fourth-order valence-corrected chi connectivity index (χ4v) is 2.59. The molecule has 2 atom stereocenters. The van der Waals surface area contributed by atoms with Crippen molar-refractivity contribution in [2.75, 3.05) is 5.32 Å². The molecule has 1 amide bonds. The number of aromatic nitrogens is 1. The van der Waals surface area contributed by atoms with Crippen LogP contribution in [0.15, 0.2) is 6.07 Å². The number of pyridine rings is 1. The highest BCUT2D eigenvalue weighted by molar-refractivity contribution is 6.30. The van der Waals surface area contributed by atoms with Crippen LogP contribution < -0.4 is 10.6 Å². The van der Waals surface area contributed by atoms with Crippen molar-refractivity contribution in [1.82, 2.24) is 10.3 Å². The molecule has 0 radical (unpaired) electrons. The number of nitrogens with zero attached hydrogens (tertiary/aromatic N) is 2. The first kappa shape index (κ1) is 16.3.